The SMILES string of the molecule is CC[N+](C)(C)c1ccccc1.CC[N+](C)(C)c1ccccc1. The number of benzene rings is 2. The predicted molar refractivity (Wildman–Crippen MR) is 101 cm³/mol. The summed E-state index contributed by atoms with van der Waals surface area (Å²) in [7, 11) is 8.87. The van der Waals surface area contributed by atoms with Gasteiger partial charge in [0.1, 0.15) is 11.4 Å². The van der Waals surface area contributed by atoms with Crippen molar-refractivity contribution in [2.24, 2.45) is 0 Å². The molecule has 0 aliphatic heterocycles. The molecule has 120 valence electrons. The van der Waals surface area contributed by atoms with Crippen LogP contribution < -0.4 is 8.97 Å². The van der Waals surface area contributed by atoms with Gasteiger partial charge in [0.15, 0.2) is 0 Å². The van der Waals surface area contributed by atoms with Crippen molar-refractivity contribution in [3.63, 3.8) is 0 Å². The van der Waals surface area contributed by atoms with E-state index >= 15 is 0 Å². The molecule has 0 heterocycles. The minimum atomic E-state index is 0.959. The van der Waals surface area contributed by atoms with Gasteiger partial charge in [-0.1, -0.05) is 36.4 Å². The van der Waals surface area contributed by atoms with Crippen molar-refractivity contribution < 1.29 is 0 Å². The average molecular weight is 300 g/mol. The molecule has 0 amide bonds. The zero-order valence-electron chi connectivity index (χ0n) is 15.1. The number of nitrogens with zero attached hydrogens (tertiary/aromatic N) is 2. The first-order chi connectivity index (χ1) is 10.3. The topological polar surface area (TPSA) is 0 Å². The molecule has 0 atom stereocenters. The molecule has 2 rings (SSSR count). The van der Waals surface area contributed by atoms with Crippen LogP contribution in [0.15, 0.2) is 60.7 Å². The number of hydrogen-bond donors (Lipinski definition) is 0. The molecule has 0 N–H and O–H groups in total. The lowest BCUT2D eigenvalue weighted by molar-refractivity contribution is 0.421. The summed E-state index contributed by atoms with van der Waals surface area (Å²) in [5, 5.41) is 0. The molecule has 2 aromatic carbocycles. The second kappa shape index (κ2) is 8.11. The molecule has 0 saturated heterocycles. The number of quaternary nitrogens is 2. The zero-order chi connectivity index (χ0) is 16.6. The first-order valence-corrected chi connectivity index (χ1v) is 8.10. The Morgan fingerprint density at radius 1 is 0.545 bits per heavy atom. The van der Waals surface area contributed by atoms with E-state index in [2.05, 4.69) is 103 Å². The minimum absolute atomic E-state index is 0.959. The van der Waals surface area contributed by atoms with Crippen LogP contribution in [0.1, 0.15) is 13.8 Å². The lowest BCUT2D eigenvalue weighted by Crippen LogP contribution is -2.39. The maximum atomic E-state index is 2.22. The van der Waals surface area contributed by atoms with Crippen LogP contribution in [0.25, 0.3) is 0 Å². The van der Waals surface area contributed by atoms with Crippen molar-refractivity contribution in [3.8, 4) is 0 Å². The van der Waals surface area contributed by atoms with Crippen LogP contribution >= 0.6 is 0 Å². The first kappa shape index (κ1) is 18.4. The number of hydrogen-bond acceptors (Lipinski definition) is 0. The highest BCUT2D eigenvalue weighted by atomic mass is 15.3. The van der Waals surface area contributed by atoms with E-state index in [1.807, 2.05) is 0 Å². The molecule has 0 bridgehead atoms. The van der Waals surface area contributed by atoms with Crippen molar-refractivity contribution in [3.05, 3.63) is 60.7 Å². The molecule has 0 radical (unpaired) electrons. The smallest absolute Gasteiger partial charge is 0.132 e. The minimum Gasteiger partial charge on any atom is -0.296 e. The largest absolute Gasteiger partial charge is 0.296 e. The van der Waals surface area contributed by atoms with Crippen molar-refractivity contribution in [1.82, 2.24) is 8.97 Å². The van der Waals surface area contributed by atoms with Gasteiger partial charge in [-0.3, -0.25) is 8.97 Å². The molecule has 0 aliphatic carbocycles. The van der Waals surface area contributed by atoms with Gasteiger partial charge in [0.25, 0.3) is 0 Å². The van der Waals surface area contributed by atoms with E-state index in [1.54, 1.807) is 0 Å². The summed E-state index contributed by atoms with van der Waals surface area (Å²) in [5.41, 5.74) is 2.74. The molecular weight excluding hydrogens is 268 g/mol. The first-order valence-electron chi connectivity index (χ1n) is 8.10. The van der Waals surface area contributed by atoms with Crippen LogP contribution in [0.5, 0.6) is 0 Å². The molecule has 0 saturated carbocycles. The fourth-order valence-electron chi connectivity index (χ4n) is 2.03. The summed E-state index contributed by atoms with van der Waals surface area (Å²) in [6, 6.07) is 21.1. The predicted octanol–water partition coefficient (Wildman–Crippen LogP) is 4.55. The number of para-hydroxylation sites is 2. The molecule has 2 aromatic rings. The summed E-state index contributed by atoms with van der Waals surface area (Å²) in [6.45, 7) is 6.66. The fourth-order valence-corrected chi connectivity index (χ4v) is 2.03. The average Bonchev–Trinajstić information content (AvgIpc) is 2.57. The molecular formula is C20H32N2+2. The molecule has 0 unspecified atom stereocenters. The second-order valence-electron chi connectivity index (χ2n) is 6.67. The van der Waals surface area contributed by atoms with Gasteiger partial charge in [0, 0.05) is 0 Å². The van der Waals surface area contributed by atoms with Crippen LogP contribution in [-0.4, -0.2) is 41.3 Å². The van der Waals surface area contributed by atoms with Gasteiger partial charge < -0.3 is 0 Å². The van der Waals surface area contributed by atoms with Gasteiger partial charge >= 0.3 is 0 Å². The maximum absolute atomic E-state index is 2.22. The molecule has 0 aromatic heterocycles. The quantitative estimate of drug-likeness (QED) is 0.727. The highest BCUT2D eigenvalue weighted by Gasteiger charge is 2.14. The van der Waals surface area contributed by atoms with Crippen LogP contribution in [0.4, 0.5) is 11.4 Å². The van der Waals surface area contributed by atoms with Crippen molar-refractivity contribution in [2.75, 3.05) is 41.3 Å². The Morgan fingerprint density at radius 2 is 0.818 bits per heavy atom. The standard InChI is InChI=1S/2C10H16N/c2*1-4-11(2,3)10-8-6-5-7-9-10/h2*5-9H,4H2,1-3H3/q2*+1. The highest BCUT2D eigenvalue weighted by Crippen LogP contribution is 2.17. The van der Waals surface area contributed by atoms with Crippen LogP contribution in [0, 0.1) is 0 Å². The second-order valence-corrected chi connectivity index (χ2v) is 6.67. The van der Waals surface area contributed by atoms with Crippen molar-refractivity contribution >= 4 is 11.4 Å². The third kappa shape index (κ3) is 5.28. The molecule has 0 spiro atoms. The lowest BCUT2D eigenvalue weighted by atomic mass is 10.2. The van der Waals surface area contributed by atoms with E-state index < -0.39 is 0 Å². The fraction of sp³-hybridized carbons (Fsp3) is 0.400. The summed E-state index contributed by atoms with van der Waals surface area (Å²) in [6.07, 6.45) is 0. The van der Waals surface area contributed by atoms with E-state index in [-0.39, 0.29) is 0 Å². The van der Waals surface area contributed by atoms with E-state index in [1.165, 1.54) is 11.4 Å². The lowest BCUT2D eigenvalue weighted by Gasteiger charge is -2.27. The van der Waals surface area contributed by atoms with E-state index in [9.17, 15) is 0 Å². The maximum Gasteiger partial charge on any atom is 0.132 e. The molecule has 2 heteroatoms. The Kier molecular flexibility index (Phi) is 6.79. The van der Waals surface area contributed by atoms with Gasteiger partial charge in [0.2, 0.25) is 0 Å². The van der Waals surface area contributed by atoms with Gasteiger partial charge in [0.05, 0.1) is 41.3 Å². The zero-order valence-corrected chi connectivity index (χ0v) is 15.1. The normalized spacial score (nSPS) is 11.5. The van der Waals surface area contributed by atoms with E-state index in [4.69, 9.17) is 0 Å². The van der Waals surface area contributed by atoms with Gasteiger partial charge in [-0.25, -0.2) is 0 Å². The molecule has 2 nitrogen and oxygen atoms in total. The van der Waals surface area contributed by atoms with E-state index in [0.717, 1.165) is 22.1 Å². The molecule has 0 aliphatic rings. The van der Waals surface area contributed by atoms with Crippen LogP contribution in [0.3, 0.4) is 0 Å². The molecule has 22 heavy (non-hydrogen) atoms. The van der Waals surface area contributed by atoms with Gasteiger partial charge in [-0.2, -0.15) is 0 Å². The summed E-state index contributed by atoms with van der Waals surface area (Å²) >= 11 is 0. The Morgan fingerprint density at radius 3 is 1.05 bits per heavy atom. The van der Waals surface area contributed by atoms with Crippen molar-refractivity contribution in [1.29, 1.82) is 0 Å². The number of rotatable bonds is 4. The Hall–Kier alpha value is -1.64. The summed E-state index contributed by atoms with van der Waals surface area (Å²) in [4.78, 5) is 0. The van der Waals surface area contributed by atoms with Crippen LogP contribution in [-0.2, 0) is 0 Å². The van der Waals surface area contributed by atoms with Crippen molar-refractivity contribution in [2.45, 2.75) is 13.8 Å². The Bertz CT molecular complexity index is 479. The van der Waals surface area contributed by atoms with E-state index in [0.29, 0.717) is 0 Å². The van der Waals surface area contributed by atoms with Gasteiger partial charge in [-0.15, -0.1) is 0 Å². The van der Waals surface area contributed by atoms with Crippen LogP contribution in [0.2, 0.25) is 0 Å². The van der Waals surface area contributed by atoms with Gasteiger partial charge in [-0.05, 0) is 38.1 Å². The summed E-state index contributed by atoms with van der Waals surface area (Å²) < 4.78 is 1.92. The monoisotopic (exact) mass is 300 g/mol. The summed E-state index contributed by atoms with van der Waals surface area (Å²) in [5.74, 6) is 0. The Labute approximate surface area is 136 Å². The third-order valence-corrected chi connectivity index (χ3v) is 4.49. The highest BCUT2D eigenvalue weighted by molar-refractivity contribution is 5.41. The molecule has 0 fully saturated rings. The Balaban J connectivity index is 0.000000220. The third-order valence-electron chi connectivity index (χ3n) is 4.49.